The molecule has 0 aliphatic rings. The van der Waals surface area contributed by atoms with Crippen LogP contribution in [-0.4, -0.2) is 60.6 Å². The highest BCUT2D eigenvalue weighted by atomic mass is 16.5. The number of aromatic nitrogens is 2. The van der Waals surface area contributed by atoms with E-state index in [1.54, 1.807) is 0 Å². The lowest BCUT2D eigenvalue weighted by molar-refractivity contribution is 0.233. The number of aromatic amines is 1. The fourth-order valence-corrected chi connectivity index (χ4v) is 2.32. The normalized spacial score (nSPS) is 11.1. The number of nitrogens with one attached hydrogen (secondary N) is 2. The number of ether oxygens (including phenoxy) is 1. The number of nitrogens with zero attached hydrogens (tertiary/aromatic N) is 2. The Hall–Kier alpha value is -1.89. The third-order valence-electron chi connectivity index (χ3n) is 3.60. The van der Waals surface area contributed by atoms with Crippen LogP contribution < -0.4 is 10.1 Å². The van der Waals surface area contributed by atoms with Crippen LogP contribution in [0.2, 0.25) is 0 Å². The summed E-state index contributed by atoms with van der Waals surface area (Å²) in [6, 6.07) is 7.91. The van der Waals surface area contributed by atoms with Crippen molar-refractivity contribution in [1.29, 1.82) is 0 Å². The topological polar surface area (TPSA) is 73.4 Å². The van der Waals surface area contributed by atoms with E-state index in [-0.39, 0.29) is 6.61 Å². The molecule has 0 radical (unpaired) electrons. The maximum Gasteiger partial charge on any atom is 0.119 e. The molecule has 1 aromatic carbocycles. The summed E-state index contributed by atoms with van der Waals surface area (Å²) in [6.07, 6.45) is 2.60. The van der Waals surface area contributed by atoms with Crippen LogP contribution in [-0.2, 0) is 6.54 Å². The number of H-pyrrole nitrogens is 1. The fourth-order valence-electron chi connectivity index (χ4n) is 2.32. The molecular formula is C17H26N4O2. The lowest BCUT2D eigenvalue weighted by Gasteiger charge is -2.16. The van der Waals surface area contributed by atoms with Crippen molar-refractivity contribution in [3.63, 3.8) is 0 Å². The van der Waals surface area contributed by atoms with Crippen molar-refractivity contribution in [2.45, 2.75) is 13.0 Å². The number of aliphatic hydroxyl groups excluding tert-OH is 1. The van der Waals surface area contributed by atoms with Crippen LogP contribution in [0.4, 0.5) is 0 Å². The predicted octanol–water partition coefficient (Wildman–Crippen LogP) is 1.49. The van der Waals surface area contributed by atoms with Crippen molar-refractivity contribution in [1.82, 2.24) is 20.4 Å². The Kier molecular flexibility index (Phi) is 7.06. The van der Waals surface area contributed by atoms with Crippen LogP contribution in [0.3, 0.4) is 0 Å². The summed E-state index contributed by atoms with van der Waals surface area (Å²) < 4.78 is 5.55. The van der Waals surface area contributed by atoms with E-state index in [1.165, 1.54) is 5.56 Å². The minimum atomic E-state index is 0.149. The smallest absolute Gasteiger partial charge is 0.119 e. The average Bonchev–Trinajstić information content (AvgIpc) is 3.02. The van der Waals surface area contributed by atoms with Gasteiger partial charge < -0.3 is 20.1 Å². The van der Waals surface area contributed by atoms with Gasteiger partial charge in [-0.15, -0.1) is 0 Å². The van der Waals surface area contributed by atoms with Crippen molar-refractivity contribution in [3.05, 3.63) is 36.0 Å². The largest absolute Gasteiger partial charge is 0.494 e. The number of likely N-dealkylation sites (N-methyl/N-ethyl adjacent to an activating group) is 2. The van der Waals surface area contributed by atoms with E-state index in [1.807, 2.05) is 37.5 Å². The van der Waals surface area contributed by atoms with Gasteiger partial charge in [0.2, 0.25) is 0 Å². The van der Waals surface area contributed by atoms with Crippen molar-refractivity contribution in [2.24, 2.45) is 0 Å². The molecule has 6 nitrogen and oxygen atoms in total. The van der Waals surface area contributed by atoms with Gasteiger partial charge in [0.05, 0.1) is 12.3 Å². The van der Waals surface area contributed by atoms with E-state index in [4.69, 9.17) is 9.84 Å². The molecule has 0 aliphatic heterocycles. The first-order valence-corrected chi connectivity index (χ1v) is 7.94. The van der Waals surface area contributed by atoms with Crippen molar-refractivity contribution in [2.75, 3.05) is 40.4 Å². The fraction of sp³-hybridized carbons (Fsp3) is 0.471. The number of benzene rings is 1. The molecule has 0 aliphatic carbocycles. The van der Waals surface area contributed by atoms with Gasteiger partial charge in [-0.2, -0.15) is 5.10 Å². The van der Waals surface area contributed by atoms with Gasteiger partial charge in [-0.1, -0.05) is 0 Å². The van der Waals surface area contributed by atoms with Gasteiger partial charge in [0.25, 0.3) is 0 Å². The molecule has 6 heteroatoms. The molecule has 0 bridgehead atoms. The molecule has 0 unspecified atom stereocenters. The quantitative estimate of drug-likeness (QED) is 0.579. The highest BCUT2D eigenvalue weighted by Gasteiger charge is 2.10. The summed E-state index contributed by atoms with van der Waals surface area (Å²) in [5, 5.41) is 19.3. The highest BCUT2D eigenvalue weighted by molar-refractivity contribution is 5.63. The van der Waals surface area contributed by atoms with E-state index in [2.05, 4.69) is 27.5 Å². The van der Waals surface area contributed by atoms with E-state index in [0.29, 0.717) is 13.0 Å². The van der Waals surface area contributed by atoms with Gasteiger partial charge in [0, 0.05) is 50.0 Å². The summed E-state index contributed by atoms with van der Waals surface area (Å²) in [5.74, 6) is 0.811. The zero-order valence-corrected chi connectivity index (χ0v) is 13.9. The summed E-state index contributed by atoms with van der Waals surface area (Å²) in [6.45, 7) is 3.47. The minimum Gasteiger partial charge on any atom is -0.494 e. The Morgan fingerprint density at radius 1 is 1.30 bits per heavy atom. The van der Waals surface area contributed by atoms with Gasteiger partial charge in [0.1, 0.15) is 5.75 Å². The zero-order chi connectivity index (χ0) is 16.5. The molecule has 1 aromatic heterocycles. The molecule has 2 rings (SSSR count). The molecule has 2 aromatic rings. The molecule has 0 saturated heterocycles. The van der Waals surface area contributed by atoms with Crippen LogP contribution >= 0.6 is 0 Å². The Morgan fingerprint density at radius 2 is 2.09 bits per heavy atom. The Labute approximate surface area is 137 Å². The maximum atomic E-state index is 8.77. The average molecular weight is 318 g/mol. The second kappa shape index (κ2) is 9.29. The Bertz CT molecular complexity index is 568. The van der Waals surface area contributed by atoms with Crippen molar-refractivity contribution in [3.8, 4) is 17.0 Å². The molecule has 3 N–H and O–H groups in total. The molecule has 0 fully saturated rings. The highest BCUT2D eigenvalue weighted by Crippen LogP contribution is 2.24. The van der Waals surface area contributed by atoms with Crippen molar-refractivity contribution >= 4 is 0 Å². The minimum absolute atomic E-state index is 0.149. The van der Waals surface area contributed by atoms with Crippen LogP contribution in [0.15, 0.2) is 30.5 Å². The molecule has 126 valence electrons. The van der Waals surface area contributed by atoms with Crippen LogP contribution in [0.5, 0.6) is 5.75 Å². The van der Waals surface area contributed by atoms with Crippen molar-refractivity contribution < 1.29 is 9.84 Å². The number of aliphatic hydroxyl groups is 1. The molecule has 0 amide bonds. The monoisotopic (exact) mass is 318 g/mol. The Morgan fingerprint density at radius 3 is 2.78 bits per heavy atom. The van der Waals surface area contributed by atoms with E-state index >= 15 is 0 Å². The van der Waals surface area contributed by atoms with E-state index < -0.39 is 0 Å². The molecule has 1 heterocycles. The van der Waals surface area contributed by atoms with Gasteiger partial charge in [-0.3, -0.25) is 5.10 Å². The number of rotatable bonds is 10. The molecular weight excluding hydrogens is 292 g/mol. The van der Waals surface area contributed by atoms with Crippen LogP contribution in [0, 0.1) is 0 Å². The van der Waals surface area contributed by atoms with E-state index in [9.17, 15) is 0 Å². The van der Waals surface area contributed by atoms with Gasteiger partial charge in [-0.05, 0) is 38.4 Å². The predicted molar refractivity (Wildman–Crippen MR) is 91.5 cm³/mol. The lowest BCUT2D eigenvalue weighted by Crippen LogP contribution is -2.26. The first kappa shape index (κ1) is 17.5. The molecule has 0 spiro atoms. The molecule has 0 atom stereocenters. The number of hydrogen-bond donors (Lipinski definition) is 3. The SMILES string of the molecule is CNCCN(C)Cc1c[nH]nc1-c1ccc(OCCCO)cc1. The molecule has 0 saturated carbocycles. The second-order valence-corrected chi connectivity index (χ2v) is 5.55. The van der Waals surface area contributed by atoms with Gasteiger partial charge in [-0.25, -0.2) is 0 Å². The summed E-state index contributed by atoms with van der Waals surface area (Å²) in [5.41, 5.74) is 3.22. The standard InChI is InChI=1S/C17H26N4O2/c1-18-8-9-21(2)13-15-12-19-20-17(15)14-4-6-16(7-5-14)23-11-3-10-22/h4-7,12,18,22H,3,8-11,13H2,1-2H3,(H,19,20). The van der Waals surface area contributed by atoms with E-state index in [0.717, 1.165) is 36.6 Å². The zero-order valence-electron chi connectivity index (χ0n) is 13.9. The van der Waals surface area contributed by atoms with Gasteiger partial charge >= 0.3 is 0 Å². The first-order valence-electron chi connectivity index (χ1n) is 7.94. The lowest BCUT2D eigenvalue weighted by atomic mass is 10.1. The summed E-state index contributed by atoms with van der Waals surface area (Å²) in [7, 11) is 4.06. The summed E-state index contributed by atoms with van der Waals surface area (Å²) >= 11 is 0. The van der Waals surface area contributed by atoms with Gasteiger partial charge in [0.15, 0.2) is 0 Å². The van der Waals surface area contributed by atoms with Crippen LogP contribution in [0.1, 0.15) is 12.0 Å². The third-order valence-corrected chi connectivity index (χ3v) is 3.60. The molecule has 23 heavy (non-hydrogen) atoms. The summed E-state index contributed by atoms with van der Waals surface area (Å²) in [4.78, 5) is 2.26. The maximum absolute atomic E-state index is 8.77. The number of hydrogen-bond acceptors (Lipinski definition) is 5. The third kappa shape index (κ3) is 5.35. The second-order valence-electron chi connectivity index (χ2n) is 5.55. The Balaban J connectivity index is 2.00. The van der Waals surface area contributed by atoms with Crippen LogP contribution in [0.25, 0.3) is 11.3 Å². The first-order chi connectivity index (χ1) is 11.2.